The van der Waals surface area contributed by atoms with Gasteiger partial charge in [0.15, 0.2) is 0 Å². The minimum atomic E-state index is -4.53. The molecular formula is C21H20F4N2O2. The van der Waals surface area contributed by atoms with Gasteiger partial charge in [-0.05, 0) is 43.5 Å². The van der Waals surface area contributed by atoms with Crippen molar-refractivity contribution in [1.29, 1.82) is 0 Å². The molecule has 0 unspecified atom stereocenters. The van der Waals surface area contributed by atoms with Crippen LogP contribution < -0.4 is 11.1 Å². The first-order valence-electron chi connectivity index (χ1n) is 9.14. The molecule has 0 bridgehead atoms. The summed E-state index contributed by atoms with van der Waals surface area (Å²) in [7, 11) is 0. The number of carbonyl (C=O) groups excluding carboxylic acids is 2. The zero-order valence-electron chi connectivity index (χ0n) is 15.7. The van der Waals surface area contributed by atoms with Gasteiger partial charge in [0.1, 0.15) is 5.82 Å². The number of primary amides is 1. The summed E-state index contributed by atoms with van der Waals surface area (Å²) in [6.07, 6.45) is -2.42. The van der Waals surface area contributed by atoms with Crippen LogP contribution in [0, 0.1) is 12.7 Å². The van der Waals surface area contributed by atoms with Gasteiger partial charge in [-0.15, -0.1) is 0 Å². The van der Waals surface area contributed by atoms with E-state index in [2.05, 4.69) is 5.32 Å². The Bertz CT molecular complexity index is 964. The SMILES string of the molecule is Cc1c(F)cc(C(N)=O)cc1NC(=O)C1(c2cccc(C(F)(F)F)c2)CCCC1. The highest BCUT2D eigenvalue weighted by atomic mass is 19.4. The average molecular weight is 408 g/mol. The summed E-state index contributed by atoms with van der Waals surface area (Å²) >= 11 is 0. The summed E-state index contributed by atoms with van der Waals surface area (Å²) in [4.78, 5) is 24.6. The van der Waals surface area contributed by atoms with Gasteiger partial charge >= 0.3 is 6.18 Å². The molecule has 1 saturated carbocycles. The van der Waals surface area contributed by atoms with E-state index in [1.165, 1.54) is 25.1 Å². The van der Waals surface area contributed by atoms with Crippen molar-refractivity contribution in [2.24, 2.45) is 5.73 Å². The fraction of sp³-hybridized carbons (Fsp3) is 0.333. The molecule has 8 heteroatoms. The highest BCUT2D eigenvalue weighted by Crippen LogP contribution is 2.44. The summed E-state index contributed by atoms with van der Waals surface area (Å²) < 4.78 is 53.6. The van der Waals surface area contributed by atoms with Crippen molar-refractivity contribution in [3.63, 3.8) is 0 Å². The number of hydrogen-bond donors (Lipinski definition) is 2. The van der Waals surface area contributed by atoms with Crippen LogP contribution >= 0.6 is 0 Å². The van der Waals surface area contributed by atoms with Gasteiger partial charge in [0.05, 0.1) is 11.0 Å². The van der Waals surface area contributed by atoms with E-state index in [0.717, 1.165) is 18.2 Å². The second-order valence-corrected chi connectivity index (χ2v) is 7.32. The average Bonchev–Trinajstić information content (AvgIpc) is 3.15. The van der Waals surface area contributed by atoms with Crippen LogP contribution in [0.2, 0.25) is 0 Å². The summed E-state index contributed by atoms with van der Waals surface area (Å²) in [5.74, 6) is -2.09. The van der Waals surface area contributed by atoms with Gasteiger partial charge in [-0.1, -0.05) is 31.0 Å². The third kappa shape index (κ3) is 3.97. The number of anilines is 1. The maximum atomic E-state index is 14.1. The normalized spacial score (nSPS) is 15.9. The molecule has 1 aliphatic rings. The summed E-state index contributed by atoms with van der Waals surface area (Å²) in [5, 5.41) is 2.62. The first kappa shape index (κ1) is 20.8. The lowest BCUT2D eigenvalue weighted by Gasteiger charge is -2.29. The number of alkyl halides is 3. The van der Waals surface area contributed by atoms with E-state index < -0.39 is 34.8 Å². The molecule has 3 rings (SSSR count). The molecule has 0 aromatic heterocycles. The lowest BCUT2D eigenvalue weighted by atomic mass is 9.77. The van der Waals surface area contributed by atoms with Crippen LogP contribution in [-0.2, 0) is 16.4 Å². The number of benzene rings is 2. The molecular weight excluding hydrogens is 388 g/mol. The van der Waals surface area contributed by atoms with Gasteiger partial charge in [0.25, 0.3) is 0 Å². The first-order valence-corrected chi connectivity index (χ1v) is 9.14. The molecule has 154 valence electrons. The number of carbonyl (C=O) groups is 2. The van der Waals surface area contributed by atoms with E-state index in [1.54, 1.807) is 0 Å². The smallest absolute Gasteiger partial charge is 0.366 e. The Kier molecular flexibility index (Phi) is 5.38. The quantitative estimate of drug-likeness (QED) is 0.720. The summed E-state index contributed by atoms with van der Waals surface area (Å²) in [6.45, 7) is 1.43. The minimum Gasteiger partial charge on any atom is -0.366 e. The second kappa shape index (κ2) is 7.50. The summed E-state index contributed by atoms with van der Waals surface area (Å²) in [5.41, 5.74) is 3.56. The van der Waals surface area contributed by atoms with Crippen LogP contribution in [0.25, 0.3) is 0 Å². The number of amides is 2. The molecule has 1 aliphatic carbocycles. The van der Waals surface area contributed by atoms with E-state index in [9.17, 15) is 27.2 Å². The molecule has 0 radical (unpaired) electrons. The van der Waals surface area contributed by atoms with Crippen LogP contribution in [0.1, 0.15) is 52.7 Å². The zero-order chi connectivity index (χ0) is 21.4. The Morgan fingerprint density at radius 3 is 2.34 bits per heavy atom. The molecule has 3 N–H and O–H groups in total. The molecule has 1 fully saturated rings. The van der Waals surface area contributed by atoms with Crippen LogP contribution in [0.4, 0.5) is 23.2 Å². The van der Waals surface area contributed by atoms with Crippen LogP contribution in [-0.4, -0.2) is 11.8 Å². The Labute approximate surface area is 165 Å². The molecule has 0 aliphatic heterocycles. The first-order chi connectivity index (χ1) is 13.5. The molecule has 2 aromatic carbocycles. The van der Waals surface area contributed by atoms with Crippen LogP contribution in [0.3, 0.4) is 0 Å². The lowest BCUT2D eigenvalue weighted by Crippen LogP contribution is -2.38. The maximum Gasteiger partial charge on any atom is 0.416 e. The highest BCUT2D eigenvalue weighted by Gasteiger charge is 2.44. The monoisotopic (exact) mass is 408 g/mol. The van der Waals surface area contributed by atoms with Gasteiger partial charge in [0.2, 0.25) is 11.8 Å². The largest absolute Gasteiger partial charge is 0.416 e. The third-order valence-corrected chi connectivity index (χ3v) is 5.51. The van der Waals surface area contributed by atoms with Gasteiger partial charge in [-0.25, -0.2) is 4.39 Å². The lowest BCUT2D eigenvalue weighted by molar-refractivity contribution is -0.137. The van der Waals surface area contributed by atoms with Crippen molar-refractivity contribution in [2.45, 2.75) is 44.2 Å². The predicted octanol–water partition coefficient (Wildman–Crippen LogP) is 4.70. The number of rotatable bonds is 4. The molecule has 0 atom stereocenters. The van der Waals surface area contributed by atoms with Gasteiger partial charge in [-0.2, -0.15) is 13.2 Å². The standard InChI is InChI=1S/C21H20F4N2O2/c1-12-16(22)9-13(18(26)28)10-17(12)27-19(29)20(7-2-3-8-20)14-5-4-6-15(11-14)21(23,24)25/h4-6,9-11H,2-3,7-8H2,1H3,(H2,26,28)(H,27,29). The molecule has 0 saturated heterocycles. The van der Waals surface area contributed by atoms with Crippen molar-refractivity contribution < 1.29 is 27.2 Å². The Hall–Kier alpha value is -2.90. The number of nitrogens with two attached hydrogens (primary N) is 1. The van der Waals surface area contributed by atoms with Crippen molar-refractivity contribution >= 4 is 17.5 Å². The molecule has 29 heavy (non-hydrogen) atoms. The Morgan fingerprint density at radius 2 is 1.76 bits per heavy atom. The van der Waals surface area contributed by atoms with Crippen molar-refractivity contribution in [3.8, 4) is 0 Å². The number of halogens is 4. The topological polar surface area (TPSA) is 72.2 Å². The van der Waals surface area contributed by atoms with E-state index in [1.807, 2.05) is 0 Å². The van der Waals surface area contributed by atoms with E-state index in [-0.39, 0.29) is 22.4 Å². The van der Waals surface area contributed by atoms with Gasteiger partial charge < -0.3 is 11.1 Å². The van der Waals surface area contributed by atoms with Crippen molar-refractivity contribution in [3.05, 3.63) is 64.5 Å². The zero-order valence-corrected chi connectivity index (χ0v) is 15.7. The van der Waals surface area contributed by atoms with E-state index in [0.29, 0.717) is 25.7 Å². The fourth-order valence-corrected chi connectivity index (χ4v) is 3.81. The number of hydrogen-bond acceptors (Lipinski definition) is 2. The van der Waals surface area contributed by atoms with Crippen LogP contribution in [0.5, 0.6) is 0 Å². The Morgan fingerprint density at radius 1 is 1.10 bits per heavy atom. The van der Waals surface area contributed by atoms with Crippen LogP contribution in [0.15, 0.2) is 36.4 Å². The molecule has 2 aromatic rings. The fourth-order valence-electron chi connectivity index (χ4n) is 3.81. The van der Waals surface area contributed by atoms with Crippen molar-refractivity contribution in [2.75, 3.05) is 5.32 Å². The number of nitrogens with one attached hydrogen (secondary N) is 1. The van der Waals surface area contributed by atoms with Gasteiger partial charge in [0, 0.05) is 16.8 Å². The highest BCUT2D eigenvalue weighted by molar-refractivity contribution is 6.01. The molecule has 2 amide bonds. The molecule has 0 heterocycles. The predicted molar refractivity (Wildman–Crippen MR) is 99.9 cm³/mol. The van der Waals surface area contributed by atoms with E-state index in [4.69, 9.17) is 5.73 Å². The second-order valence-electron chi connectivity index (χ2n) is 7.32. The van der Waals surface area contributed by atoms with E-state index >= 15 is 0 Å². The van der Waals surface area contributed by atoms with Gasteiger partial charge in [-0.3, -0.25) is 9.59 Å². The van der Waals surface area contributed by atoms with Crippen molar-refractivity contribution in [1.82, 2.24) is 0 Å². The maximum absolute atomic E-state index is 14.1. The summed E-state index contributed by atoms with van der Waals surface area (Å²) in [6, 6.07) is 6.99. The molecule has 4 nitrogen and oxygen atoms in total. The third-order valence-electron chi connectivity index (χ3n) is 5.51. The molecule has 0 spiro atoms. The Balaban J connectivity index is 2.01. The minimum absolute atomic E-state index is 0.0713.